The van der Waals surface area contributed by atoms with Gasteiger partial charge in [-0.15, -0.1) is 0 Å². The Morgan fingerprint density at radius 3 is 2.82 bits per heavy atom. The number of aliphatic hydroxyl groups excluding tert-OH is 1. The average molecular weight is 238 g/mol. The summed E-state index contributed by atoms with van der Waals surface area (Å²) in [5.41, 5.74) is 5.63. The summed E-state index contributed by atoms with van der Waals surface area (Å²) in [5.74, 6) is -0.135. The molecule has 1 aromatic heterocycles. The lowest BCUT2D eigenvalue weighted by atomic mass is 9.99. The minimum Gasteiger partial charge on any atom is -0.396 e. The number of rotatable bonds is 4. The van der Waals surface area contributed by atoms with Crippen LogP contribution in [0.25, 0.3) is 0 Å². The predicted molar refractivity (Wildman–Crippen MR) is 63.1 cm³/mol. The number of nitrogens with zero attached hydrogens (tertiary/aromatic N) is 2. The van der Waals surface area contributed by atoms with Gasteiger partial charge in [0, 0.05) is 6.20 Å². The van der Waals surface area contributed by atoms with Crippen molar-refractivity contribution in [2.75, 3.05) is 12.3 Å². The number of nitrogen functional groups attached to an aromatic ring is 1. The Morgan fingerprint density at radius 1 is 1.59 bits per heavy atom. The number of amides is 1. The molecule has 0 saturated heterocycles. The number of aliphatic hydroxyl groups is 1. The molecular weight excluding hydrogens is 220 g/mol. The van der Waals surface area contributed by atoms with Gasteiger partial charge in [-0.05, 0) is 12.8 Å². The number of nitrogens with one attached hydrogen (secondary N) is 1. The van der Waals surface area contributed by atoms with E-state index in [1.54, 1.807) is 6.20 Å². The van der Waals surface area contributed by atoms with Crippen molar-refractivity contribution < 1.29 is 9.90 Å². The number of aromatic nitrogens is 2. The van der Waals surface area contributed by atoms with E-state index in [4.69, 9.17) is 5.73 Å². The van der Waals surface area contributed by atoms with Crippen LogP contribution < -0.4 is 11.1 Å². The third-order valence-corrected chi connectivity index (χ3v) is 3.23. The number of hydrogen-bond acceptors (Lipinski definition) is 4. The second-order valence-corrected chi connectivity index (χ2v) is 4.66. The zero-order valence-corrected chi connectivity index (χ0v) is 9.72. The molecule has 2 rings (SSSR count). The fourth-order valence-corrected chi connectivity index (χ4v) is 2.32. The summed E-state index contributed by atoms with van der Waals surface area (Å²) in [6.45, 7) is 0.138. The normalized spacial score (nSPS) is 18.2. The fraction of sp³-hybridized carbons (Fsp3) is 0.636. The van der Waals surface area contributed by atoms with Crippen LogP contribution in [0.5, 0.6) is 0 Å². The molecule has 1 aromatic rings. The van der Waals surface area contributed by atoms with Crippen molar-refractivity contribution in [1.29, 1.82) is 0 Å². The first-order chi connectivity index (χ1) is 8.13. The molecule has 6 heteroatoms. The van der Waals surface area contributed by atoms with Crippen LogP contribution in [0.2, 0.25) is 0 Å². The molecule has 0 spiro atoms. The van der Waals surface area contributed by atoms with E-state index >= 15 is 0 Å². The zero-order valence-electron chi connectivity index (χ0n) is 9.72. The highest BCUT2D eigenvalue weighted by Crippen LogP contribution is 2.28. The van der Waals surface area contributed by atoms with Crippen LogP contribution in [0.15, 0.2) is 12.4 Å². The van der Waals surface area contributed by atoms with Crippen molar-refractivity contribution in [3.05, 3.63) is 12.4 Å². The van der Waals surface area contributed by atoms with Gasteiger partial charge in [-0.3, -0.25) is 9.48 Å². The van der Waals surface area contributed by atoms with E-state index in [1.807, 2.05) is 0 Å². The van der Waals surface area contributed by atoms with Crippen molar-refractivity contribution in [2.24, 2.45) is 0 Å². The first-order valence-corrected chi connectivity index (χ1v) is 5.83. The summed E-state index contributed by atoms with van der Waals surface area (Å²) in [5, 5.41) is 16.2. The van der Waals surface area contributed by atoms with Crippen LogP contribution >= 0.6 is 0 Å². The van der Waals surface area contributed by atoms with Crippen LogP contribution in [-0.4, -0.2) is 32.9 Å². The summed E-state index contributed by atoms with van der Waals surface area (Å²) >= 11 is 0. The predicted octanol–water partition coefficient (Wildman–Crippen LogP) is -0.113. The number of anilines is 1. The molecule has 0 aromatic carbocycles. The molecule has 4 N–H and O–H groups in total. The molecule has 1 amide bonds. The van der Waals surface area contributed by atoms with Crippen LogP contribution in [0.4, 0.5) is 5.69 Å². The van der Waals surface area contributed by atoms with Crippen LogP contribution in [0, 0.1) is 0 Å². The summed E-state index contributed by atoms with van der Waals surface area (Å²) < 4.78 is 1.49. The summed E-state index contributed by atoms with van der Waals surface area (Å²) in [4.78, 5) is 11.8. The van der Waals surface area contributed by atoms with E-state index in [2.05, 4.69) is 10.4 Å². The van der Waals surface area contributed by atoms with Gasteiger partial charge in [0.05, 0.1) is 24.0 Å². The number of carbonyl (C=O) groups excluding carboxylic acids is 1. The Bertz CT molecular complexity index is 396. The van der Waals surface area contributed by atoms with Crippen molar-refractivity contribution in [3.63, 3.8) is 0 Å². The highest BCUT2D eigenvalue weighted by atomic mass is 16.3. The molecule has 1 aliphatic rings. The minimum absolute atomic E-state index is 0.0000139. The lowest BCUT2D eigenvalue weighted by molar-refractivity contribution is -0.124. The van der Waals surface area contributed by atoms with Gasteiger partial charge in [-0.25, -0.2) is 0 Å². The highest BCUT2D eigenvalue weighted by Gasteiger charge is 2.34. The Hall–Kier alpha value is -1.56. The lowest BCUT2D eigenvalue weighted by Gasteiger charge is -2.27. The van der Waals surface area contributed by atoms with Gasteiger partial charge in [0.1, 0.15) is 6.54 Å². The maximum atomic E-state index is 11.8. The number of carbonyl (C=O) groups is 1. The molecule has 1 aliphatic carbocycles. The molecule has 0 atom stereocenters. The maximum Gasteiger partial charge on any atom is 0.242 e. The van der Waals surface area contributed by atoms with Gasteiger partial charge >= 0.3 is 0 Å². The van der Waals surface area contributed by atoms with E-state index in [-0.39, 0.29) is 19.1 Å². The quantitative estimate of drug-likeness (QED) is 0.682. The van der Waals surface area contributed by atoms with Gasteiger partial charge in [0.25, 0.3) is 0 Å². The highest BCUT2D eigenvalue weighted by molar-refractivity contribution is 5.76. The first-order valence-electron chi connectivity index (χ1n) is 5.83. The fourth-order valence-electron chi connectivity index (χ4n) is 2.32. The van der Waals surface area contributed by atoms with E-state index in [0.717, 1.165) is 25.7 Å². The Labute approximate surface area is 99.8 Å². The standard InChI is InChI=1S/C11H18N4O2/c12-9-5-13-15(6-9)7-10(17)14-11(8-16)3-1-2-4-11/h5-6,16H,1-4,7-8,12H2,(H,14,17). The van der Waals surface area contributed by atoms with E-state index < -0.39 is 5.54 Å². The van der Waals surface area contributed by atoms with Gasteiger partial charge in [0.2, 0.25) is 5.91 Å². The van der Waals surface area contributed by atoms with E-state index in [0.29, 0.717) is 5.69 Å². The maximum absolute atomic E-state index is 11.8. The van der Waals surface area contributed by atoms with E-state index in [9.17, 15) is 9.90 Å². The minimum atomic E-state index is -0.421. The second-order valence-electron chi connectivity index (χ2n) is 4.66. The third-order valence-electron chi connectivity index (χ3n) is 3.23. The Kier molecular flexibility index (Phi) is 3.33. The van der Waals surface area contributed by atoms with Crippen LogP contribution in [-0.2, 0) is 11.3 Å². The number of hydrogen-bond donors (Lipinski definition) is 3. The van der Waals surface area contributed by atoms with E-state index in [1.165, 1.54) is 10.9 Å². The first kappa shape index (κ1) is 11.9. The Balaban J connectivity index is 1.92. The molecule has 1 fully saturated rings. The third kappa shape index (κ3) is 2.76. The SMILES string of the molecule is Nc1cnn(CC(=O)NC2(CO)CCCC2)c1. The van der Waals surface area contributed by atoms with Gasteiger partial charge in [0.15, 0.2) is 0 Å². The topological polar surface area (TPSA) is 93.2 Å². The second kappa shape index (κ2) is 4.75. The van der Waals surface area contributed by atoms with Crippen LogP contribution in [0.1, 0.15) is 25.7 Å². The molecule has 0 bridgehead atoms. The Morgan fingerprint density at radius 2 is 2.29 bits per heavy atom. The summed E-state index contributed by atoms with van der Waals surface area (Å²) in [6, 6.07) is 0. The van der Waals surface area contributed by atoms with Crippen molar-refractivity contribution in [3.8, 4) is 0 Å². The van der Waals surface area contributed by atoms with Gasteiger partial charge < -0.3 is 16.2 Å². The zero-order chi connectivity index (χ0) is 12.3. The molecule has 17 heavy (non-hydrogen) atoms. The van der Waals surface area contributed by atoms with Crippen molar-refractivity contribution in [2.45, 2.75) is 37.8 Å². The average Bonchev–Trinajstić information content (AvgIpc) is 2.89. The molecule has 1 heterocycles. The molecular formula is C11H18N4O2. The molecule has 1 saturated carbocycles. The smallest absolute Gasteiger partial charge is 0.242 e. The largest absolute Gasteiger partial charge is 0.396 e. The molecule has 0 aliphatic heterocycles. The van der Waals surface area contributed by atoms with Crippen molar-refractivity contribution >= 4 is 11.6 Å². The monoisotopic (exact) mass is 238 g/mol. The molecule has 0 radical (unpaired) electrons. The van der Waals surface area contributed by atoms with Crippen molar-refractivity contribution in [1.82, 2.24) is 15.1 Å². The summed E-state index contributed by atoms with van der Waals surface area (Å²) in [7, 11) is 0. The molecule has 6 nitrogen and oxygen atoms in total. The molecule has 94 valence electrons. The van der Waals surface area contributed by atoms with Gasteiger partial charge in [-0.2, -0.15) is 5.10 Å². The lowest BCUT2D eigenvalue weighted by Crippen LogP contribution is -2.50. The number of nitrogens with two attached hydrogens (primary N) is 1. The molecule has 0 unspecified atom stereocenters. The van der Waals surface area contributed by atoms with Gasteiger partial charge in [-0.1, -0.05) is 12.8 Å². The van der Waals surface area contributed by atoms with Crippen LogP contribution in [0.3, 0.4) is 0 Å². The summed E-state index contributed by atoms with van der Waals surface area (Å²) in [6.07, 6.45) is 6.91.